The van der Waals surface area contributed by atoms with Crippen LogP contribution in [0, 0.1) is 0 Å². The molecule has 0 aliphatic carbocycles. The van der Waals surface area contributed by atoms with E-state index in [4.69, 9.17) is 15.2 Å². The van der Waals surface area contributed by atoms with Crippen LogP contribution in [0.3, 0.4) is 0 Å². The molecule has 2 rings (SSSR count). The Morgan fingerprint density at radius 1 is 0.933 bits per heavy atom. The molecule has 0 atom stereocenters. The van der Waals surface area contributed by atoms with Gasteiger partial charge in [0, 0.05) is 18.8 Å². The van der Waals surface area contributed by atoms with Gasteiger partial charge in [-0.2, -0.15) is 0 Å². The van der Waals surface area contributed by atoms with Crippen LogP contribution in [-0.2, 0) is 16.1 Å². The van der Waals surface area contributed by atoms with Crippen LogP contribution < -0.4 is 15.8 Å². The summed E-state index contributed by atoms with van der Waals surface area (Å²) in [6.45, 7) is 2.54. The molecule has 0 heterocycles. The molecule has 0 aliphatic rings. The molecule has 0 fully saturated rings. The number of ether oxygens (including phenoxy) is 3. The van der Waals surface area contributed by atoms with Crippen molar-refractivity contribution in [2.75, 3.05) is 31.7 Å². The first-order valence-electron chi connectivity index (χ1n) is 9.04. The molecule has 0 aliphatic heterocycles. The molecule has 166 valence electrons. The van der Waals surface area contributed by atoms with Gasteiger partial charge in [-0.05, 0) is 36.2 Å². The van der Waals surface area contributed by atoms with Gasteiger partial charge in [0.15, 0.2) is 5.96 Å². The number of alkyl halides is 3. The van der Waals surface area contributed by atoms with Crippen molar-refractivity contribution in [3.63, 3.8) is 0 Å². The Kier molecular flexibility index (Phi) is 12.2. The molecule has 0 unspecified atom stereocenters. The summed E-state index contributed by atoms with van der Waals surface area (Å²) in [5.74, 6) is -0.135. The summed E-state index contributed by atoms with van der Waals surface area (Å²) in [7, 11) is 0. The Labute approximate surface area is 190 Å². The average Bonchev–Trinajstić information content (AvgIpc) is 2.68. The second kappa shape index (κ2) is 14.0. The highest BCUT2D eigenvalue weighted by Gasteiger charge is 2.30. The monoisotopic (exact) mass is 539 g/mol. The minimum Gasteiger partial charge on any atom is -0.406 e. The van der Waals surface area contributed by atoms with Gasteiger partial charge in [-0.25, -0.2) is 0 Å². The van der Waals surface area contributed by atoms with Crippen LogP contribution in [0.15, 0.2) is 59.6 Å². The first-order valence-corrected chi connectivity index (χ1v) is 9.04. The molecule has 30 heavy (non-hydrogen) atoms. The van der Waals surface area contributed by atoms with Gasteiger partial charge in [-0.3, -0.25) is 4.99 Å². The zero-order chi connectivity index (χ0) is 21.0. The van der Waals surface area contributed by atoms with Crippen LogP contribution in [0.1, 0.15) is 12.0 Å². The molecule has 0 radical (unpaired) electrons. The highest BCUT2D eigenvalue weighted by Crippen LogP contribution is 2.23. The molecule has 10 heteroatoms. The van der Waals surface area contributed by atoms with Crippen molar-refractivity contribution in [3.8, 4) is 5.75 Å². The van der Waals surface area contributed by atoms with E-state index in [2.05, 4.69) is 15.0 Å². The number of benzene rings is 2. The first-order chi connectivity index (χ1) is 13.9. The zero-order valence-electron chi connectivity index (χ0n) is 16.2. The number of nitrogens with one attached hydrogen (secondary N) is 1. The Morgan fingerprint density at radius 3 is 2.27 bits per heavy atom. The predicted molar refractivity (Wildman–Crippen MR) is 120 cm³/mol. The fraction of sp³-hybridized carbons (Fsp3) is 0.350. The molecule has 6 nitrogen and oxygen atoms in total. The van der Waals surface area contributed by atoms with E-state index in [1.54, 1.807) is 0 Å². The topological polar surface area (TPSA) is 78.1 Å². The molecule has 0 bridgehead atoms. The maximum absolute atomic E-state index is 12.1. The Morgan fingerprint density at radius 2 is 1.60 bits per heavy atom. The first kappa shape index (κ1) is 26.0. The highest BCUT2D eigenvalue weighted by molar-refractivity contribution is 14.0. The maximum atomic E-state index is 12.1. The van der Waals surface area contributed by atoms with Crippen molar-refractivity contribution in [3.05, 3.63) is 60.2 Å². The Balaban J connectivity index is 0.00000450. The molecule has 3 N–H and O–H groups in total. The van der Waals surface area contributed by atoms with Gasteiger partial charge < -0.3 is 25.3 Å². The number of nitrogens with zero attached hydrogens (tertiary/aromatic N) is 1. The van der Waals surface area contributed by atoms with Gasteiger partial charge in [0.2, 0.25) is 0 Å². The van der Waals surface area contributed by atoms with Gasteiger partial charge in [-0.15, -0.1) is 37.1 Å². The number of nitrogens with two attached hydrogens (primary N) is 1. The molecule has 0 saturated carbocycles. The van der Waals surface area contributed by atoms with Crippen LogP contribution >= 0.6 is 24.0 Å². The molecule has 2 aromatic rings. The standard InChI is InChI=1S/C20H24F3N3O3.HI/c21-20(22,23)29-18-9-7-17(8-10-18)26-19(24)25-11-4-12-27-13-14-28-15-16-5-2-1-3-6-16;/h1-3,5-10H,4,11-15H2,(H3,24,25,26);1H. The fourth-order valence-electron chi connectivity index (χ4n) is 2.28. The number of guanidine groups is 1. The van der Waals surface area contributed by atoms with E-state index < -0.39 is 6.36 Å². The Bertz CT molecular complexity index is 744. The lowest BCUT2D eigenvalue weighted by Crippen LogP contribution is -2.23. The lowest BCUT2D eigenvalue weighted by atomic mass is 10.2. The average molecular weight is 539 g/mol. The van der Waals surface area contributed by atoms with Crippen molar-refractivity contribution in [1.29, 1.82) is 0 Å². The minimum absolute atomic E-state index is 0. The summed E-state index contributed by atoms with van der Waals surface area (Å²) in [6, 6.07) is 15.1. The van der Waals surface area contributed by atoms with Crippen LogP contribution in [-0.4, -0.2) is 38.7 Å². The summed E-state index contributed by atoms with van der Waals surface area (Å²) in [5, 5.41) is 2.80. The van der Waals surface area contributed by atoms with Crippen LogP contribution in [0.4, 0.5) is 18.9 Å². The second-order valence-electron chi connectivity index (χ2n) is 5.97. The second-order valence-corrected chi connectivity index (χ2v) is 5.97. The van der Waals surface area contributed by atoms with Crippen LogP contribution in [0.2, 0.25) is 0 Å². The van der Waals surface area contributed by atoms with Crippen LogP contribution in [0.5, 0.6) is 5.75 Å². The van der Waals surface area contributed by atoms with Gasteiger partial charge in [0.05, 0.1) is 19.8 Å². The fourth-order valence-corrected chi connectivity index (χ4v) is 2.28. The largest absolute Gasteiger partial charge is 0.573 e. The third kappa shape index (κ3) is 11.8. The number of rotatable bonds is 11. The van der Waals surface area contributed by atoms with Gasteiger partial charge in [0.1, 0.15) is 5.75 Å². The summed E-state index contributed by atoms with van der Waals surface area (Å²) in [4.78, 5) is 4.14. The van der Waals surface area contributed by atoms with E-state index in [9.17, 15) is 13.2 Å². The quantitative estimate of drug-likeness (QED) is 0.190. The molecular weight excluding hydrogens is 514 g/mol. The highest BCUT2D eigenvalue weighted by atomic mass is 127. The van der Waals surface area contributed by atoms with Crippen molar-refractivity contribution in [2.45, 2.75) is 19.4 Å². The smallest absolute Gasteiger partial charge is 0.406 e. The Hall–Kier alpha value is -2.05. The third-order valence-electron chi connectivity index (χ3n) is 3.57. The van der Waals surface area contributed by atoms with Gasteiger partial charge >= 0.3 is 6.36 Å². The molecule has 0 saturated heterocycles. The number of hydrogen-bond acceptors (Lipinski definition) is 4. The van der Waals surface area contributed by atoms with E-state index in [1.807, 2.05) is 30.3 Å². The van der Waals surface area contributed by atoms with Crippen LogP contribution in [0.25, 0.3) is 0 Å². The lowest BCUT2D eigenvalue weighted by molar-refractivity contribution is -0.274. The third-order valence-corrected chi connectivity index (χ3v) is 3.57. The summed E-state index contributed by atoms with van der Waals surface area (Å²) in [5.41, 5.74) is 7.37. The number of halogens is 4. The predicted octanol–water partition coefficient (Wildman–Crippen LogP) is 4.55. The summed E-state index contributed by atoms with van der Waals surface area (Å²) in [6.07, 6.45) is -4.04. The van der Waals surface area contributed by atoms with E-state index in [1.165, 1.54) is 24.3 Å². The molecule has 0 aromatic heterocycles. The van der Waals surface area contributed by atoms with Gasteiger partial charge in [-0.1, -0.05) is 30.3 Å². The number of anilines is 1. The van der Waals surface area contributed by atoms with Crippen molar-refractivity contribution in [2.24, 2.45) is 10.7 Å². The molecular formula is C20H25F3IN3O3. The van der Waals surface area contributed by atoms with Crippen molar-refractivity contribution >= 4 is 35.6 Å². The summed E-state index contributed by atoms with van der Waals surface area (Å²) >= 11 is 0. The minimum atomic E-state index is -4.72. The lowest BCUT2D eigenvalue weighted by Gasteiger charge is -2.10. The van der Waals surface area contributed by atoms with E-state index >= 15 is 0 Å². The molecule has 2 aromatic carbocycles. The molecule has 0 spiro atoms. The van der Waals surface area contributed by atoms with Crippen molar-refractivity contribution < 1.29 is 27.4 Å². The van der Waals surface area contributed by atoms with E-state index in [0.29, 0.717) is 45.1 Å². The van der Waals surface area contributed by atoms with E-state index in [-0.39, 0.29) is 35.7 Å². The normalized spacial score (nSPS) is 11.6. The summed E-state index contributed by atoms with van der Waals surface area (Å²) < 4.78 is 51.1. The zero-order valence-corrected chi connectivity index (χ0v) is 18.6. The van der Waals surface area contributed by atoms with Gasteiger partial charge in [0.25, 0.3) is 0 Å². The number of aliphatic imine (C=N–C) groups is 1. The van der Waals surface area contributed by atoms with E-state index in [0.717, 1.165) is 5.56 Å². The molecule has 0 amide bonds. The maximum Gasteiger partial charge on any atom is 0.573 e. The SMILES string of the molecule is I.NC(=NCCCOCCOCc1ccccc1)Nc1ccc(OC(F)(F)F)cc1. The van der Waals surface area contributed by atoms with Crippen molar-refractivity contribution in [1.82, 2.24) is 0 Å². The number of hydrogen-bond donors (Lipinski definition) is 2.